The minimum atomic E-state index is 0.544. The van der Waals surface area contributed by atoms with Gasteiger partial charge >= 0.3 is 0 Å². The molecule has 1 atom stereocenters. The van der Waals surface area contributed by atoms with E-state index in [0.29, 0.717) is 11.2 Å². The number of thiocarbonyl (C=S) groups is 1. The van der Waals surface area contributed by atoms with Gasteiger partial charge in [-0.15, -0.1) is 0 Å². The summed E-state index contributed by atoms with van der Waals surface area (Å²) >= 11 is 5.39. The predicted octanol–water partition coefficient (Wildman–Crippen LogP) is 3.55. The maximum absolute atomic E-state index is 5.39. The Labute approximate surface area is 138 Å². The Morgan fingerprint density at radius 1 is 1.23 bits per heavy atom. The van der Waals surface area contributed by atoms with Crippen molar-refractivity contribution >= 4 is 28.8 Å². The number of rotatable bonds is 3. The highest BCUT2D eigenvalue weighted by atomic mass is 32.1. The lowest BCUT2D eigenvalue weighted by Gasteiger charge is -2.31. The van der Waals surface area contributed by atoms with Crippen LogP contribution < -0.4 is 15.5 Å². The Balaban J connectivity index is 1.53. The molecule has 4 nitrogen and oxygen atoms in total. The number of pyridine rings is 1. The normalized spacial score (nSPS) is 22.6. The summed E-state index contributed by atoms with van der Waals surface area (Å²) in [6.45, 7) is 4.54. The lowest BCUT2D eigenvalue weighted by atomic mass is 10.0. The molecule has 0 spiro atoms. The number of anilines is 2. The smallest absolute Gasteiger partial charge is 0.171 e. The lowest BCUT2D eigenvalue weighted by molar-refractivity contribution is 0.444. The van der Waals surface area contributed by atoms with Crippen LogP contribution in [0.1, 0.15) is 45.4 Å². The van der Waals surface area contributed by atoms with E-state index in [4.69, 9.17) is 12.2 Å². The van der Waals surface area contributed by atoms with Gasteiger partial charge in [-0.05, 0) is 56.0 Å². The second kappa shape index (κ2) is 7.27. The molecule has 0 bridgehead atoms. The molecule has 1 aromatic heterocycles. The van der Waals surface area contributed by atoms with Gasteiger partial charge in [-0.2, -0.15) is 0 Å². The van der Waals surface area contributed by atoms with Crippen molar-refractivity contribution < 1.29 is 0 Å². The SMILES string of the molecule is C[C@@H]1CCCN(c2ccc(NC(=S)NC3CCCC3)cn2)C1. The average Bonchev–Trinajstić information content (AvgIpc) is 3.01. The molecule has 2 aliphatic rings. The van der Waals surface area contributed by atoms with Crippen molar-refractivity contribution in [2.45, 2.75) is 51.5 Å². The van der Waals surface area contributed by atoms with Gasteiger partial charge in [0.25, 0.3) is 0 Å². The zero-order chi connectivity index (χ0) is 15.4. The lowest BCUT2D eigenvalue weighted by Crippen LogP contribution is -2.36. The summed E-state index contributed by atoms with van der Waals surface area (Å²) in [6.07, 6.45) is 9.56. The van der Waals surface area contributed by atoms with Crippen LogP contribution in [0.3, 0.4) is 0 Å². The van der Waals surface area contributed by atoms with Crippen molar-refractivity contribution in [2.75, 3.05) is 23.3 Å². The van der Waals surface area contributed by atoms with E-state index < -0.39 is 0 Å². The maximum atomic E-state index is 5.39. The quantitative estimate of drug-likeness (QED) is 0.834. The molecule has 5 heteroatoms. The molecule has 3 rings (SSSR count). The summed E-state index contributed by atoms with van der Waals surface area (Å²) in [7, 11) is 0. The summed E-state index contributed by atoms with van der Waals surface area (Å²) in [6, 6.07) is 4.71. The second-order valence-corrected chi connectivity index (χ2v) is 7.09. The van der Waals surface area contributed by atoms with Crippen LogP contribution >= 0.6 is 12.2 Å². The van der Waals surface area contributed by atoms with Crippen LogP contribution in [-0.4, -0.2) is 29.2 Å². The topological polar surface area (TPSA) is 40.2 Å². The van der Waals surface area contributed by atoms with E-state index in [1.54, 1.807) is 0 Å². The summed E-state index contributed by atoms with van der Waals surface area (Å²) in [4.78, 5) is 6.98. The van der Waals surface area contributed by atoms with Gasteiger partial charge in [-0.3, -0.25) is 0 Å². The van der Waals surface area contributed by atoms with Crippen LogP contribution in [0.25, 0.3) is 0 Å². The number of hydrogen-bond donors (Lipinski definition) is 2. The molecular formula is C17H26N4S. The summed E-state index contributed by atoms with van der Waals surface area (Å²) in [5.74, 6) is 1.84. The molecule has 0 amide bonds. The first kappa shape index (κ1) is 15.5. The number of nitrogens with zero attached hydrogens (tertiary/aromatic N) is 2. The third kappa shape index (κ3) is 4.09. The van der Waals surface area contributed by atoms with Crippen molar-refractivity contribution in [3.05, 3.63) is 18.3 Å². The van der Waals surface area contributed by atoms with Gasteiger partial charge in [0, 0.05) is 19.1 Å². The first-order valence-electron chi connectivity index (χ1n) is 8.49. The van der Waals surface area contributed by atoms with E-state index >= 15 is 0 Å². The molecule has 1 saturated heterocycles. The van der Waals surface area contributed by atoms with Crippen molar-refractivity contribution in [3.8, 4) is 0 Å². The molecule has 0 unspecified atom stereocenters. The van der Waals surface area contributed by atoms with Crippen LogP contribution in [0.2, 0.25) is 0 Å². The zero-order valence-corrected chi connectivity index (χ0v) is 14.2. The van der Waals surface area contributed by atoms with Gasteiger partial charge in [-0.1, -0.05) is 19.8 Å². The van der Waals surface area contributed by atoms with Crippen LogP contribution in [0.5, 0.6) is 0 Å². The monoisotopic (exact) mass is 318 g/mol. The molecule has 0 aromatic carbocycles. The Hall–Kier alpha value is -1.36. The zero-order valence-electron chi connectivity index (χ0n) is 13.3. The molecule has 2 heterocycles. The Bertz CT molecular complexity index is 496. The molecule has 22 heavy (non-hydrogen) atoms. The van der Waals surface area contributed by atoms with E-state index in [2.05, 4.69) is 39.6 Å². The molecular weight excluding hydrogens is 292 g/mol. The molecule has 0 radical (unpaired) electrons. The highest BCUT2D eigenvalue weighted by molar-refractivity contribution is 7.80. The van der Waals surface area contributed by atoms with Crippen molar-refractivity contribution in [1.82, 2.24) is 10.3 Å². The molecule has 1 aliphatic heterocycles. The van der Waals surface area contributed by atoms with E-state index in [0.717, 1.165) is 30.5 Å². The van der Waals surface area contributed by atoms with Crippen LogP contribution in [0.15, 0.2) is 18.3 Å². The van der Waals surface area contributed by atoms with Gasteiger partial charge in [0.1, 0.15) is 5.82 Å². The molecule has 2 N–H and O–H groups in total. The Kier molecular flexibility index (Phi) is 5.13. The first-order valence-corrected chi connectivity index (χ1v) is 8.90. The highest BCUT2D eigenvalue weighted by Crippen LogP contribution is 2.22. The highest BCUT2D eigenvalue weighted by Gasteiger charge is 2.18. The van der Waals surface area contributed by atoms with E-state index in [-0.39, 0.29) is 0 Å². The number of piperidine rings is 1. The molecule has 1 saturated carbocycles. The standard InChI is InChI=1S/C17H26N4S/c1-13-5-4-10-21(12-13)16-9-8-15(11-18-16)20-17(22)19-14-6-2-3-7-14/h8-9,11,13-14H,2-7,10,12H2,1H3,(H2,19,20,22)/t13-/m1/s1. The number of nitrogens with one attached hydrogen (secondary N) is 2. The van der Waals surface area contributed by atoms with Crippen LogP contribution in [0.4, 0.5) is 11.5 Å². The van der Waals surface area contributed by atoms with Gasteiger partial charge in [0.2, 0.25) is 0 Å². The fraction of sp³-hybridized carbons (Fsp3) is 0.647. The van der Waals surface area contributed by atoms with E-state index in [1.807, 2.05) is 6.20 Å². The molecule has 2 fully saturated rings. The number of aromatic nitrogens is 1. The molecule has 1 aliphatic carbocycles. The maximum Gasteiger partial charge on any atom is 0.171 e. The largest absolute Gasteiger partial charge is 0.360 e. The third-order valence-corrected chi connectivity index (χ3v) is 4.90. The minimum absolute atomic E-state index is 0.544. The van der Waals surface area contributed by atoms with Crippen molar-refractivity contribution in [2.24, 2.45) is 5.92 Å². The van der Waals surface area contributed by atoms with Crippen LogP contribution in [0, 0.1) is 5.92 Å². The van der Waals surface area contributed by atoms with E-state index in [9.17, 15) is 0 Å². The van der Waals surface area contributed by atoms with Crippen molar-refractivity contribution in [1.29, 1.82) is 0 Å². The Morgan fingerprint density at radius 3 is 2.73 bits per heavy atom. The predicted molar refractivity (Wildman–Crippen MR) is 96.5 cm³/mol. The fourth-order valence-electron chi connectivity index (χ4n) is 3.47. The summed E-state index contributed by atoms with van der Waals surface area (Å²) < 4.78 is 0. The fourth-order valence-corrected chi connectivity index (χ4v) is 3.75. The van der Waals surface area contributed by atoms with E-state index in [1.165, 1.54) is 38.5 Å². The number of hydrogen-bond acceptors (Lipinski definition) is 3. The third-order valence-electron chi connectivity index (χ3n) is 4.68. The van der Waals surface area contributed by atoms with Gasteiger partial charge in [-0.25, -0.2) is 4.98 Å². The summed E-state index contributed by atoms with van der Waals surface area (Å²) in [5, 5.41) is 7.36. The summed E-state index contributed by atoms with van der Waals surface area (Å²) in [5.41, 5.74) is 0.962. The minimum Gasteiger partial charge on any atom is -0.360 e. The molecule has 120 valence electrons. The second-order valence-electron chi connectivity index (χ2n) is 6.68. The van der Waals surface area contributed by atoms with Crippen molar-refractivity contribution in [3.63, 3.8) is 0 Å². The average molecular weight is 318 g/mol. The van der Waals surface area contributed by atoms with Crippen LogP contribution in [-0.2, 0) is 0 Å². The Morgan fingerprint density at radius 2 is 2.05 bits per heavy atom. The first-order chi connectivity index (χ1) is 10.7. The van der Waals surface area contributed by atoms with Gasteiger partial charge < -0.3 is 15.5 Å². The molecule has 1 aromatic rings. The van der Waals surface area contributed by atoms with Gasteiger partial charge in [0.05, 0.1) is 11.9 Å². The van der Waals surface area contributed by atoms with Gasteiger partial charge in [0.15, 0.2) is 5.11 Å².